The minimum atomic E-state index is -0.729. The molecule has 0 saturated heterocycles. The Morgan fingerprint density at radius 3 is 2.33 bits per heavy atom. The van der Waals surface area contributed by atoms with Crippen LogP contribution in [-0.2, 0) is 9.59 Å². The van der Waals surface area contributed by atoms with E-state index < -0.39 is 5.97 Å². The molecule has 1 aromatic heterocycles. The van der Waals surface area contributed by atoms with Gasteiger partial charge in [0.15, 0.2) is 0 Å². The number of hydrogen-bond acceptors (Lipinski definition) is 3. The highest BCUT2D eigenvalue weighted by Gasteiger charge is 2.31. The number of carbonyl (C=O) groups excluding carboxylic acids is 1. The molecule has 21 heavy (non-hydrogen) atoms. The Morgan fingerprint density at radius 2 is 1.86 bits per heavy atom. The van der Waals surface area contributed by atoms with Crippen molar-refractivity contribution in [2.24, 2.45) is 17.8 Å². The van der Waals surface area contributed by atoms with E-state index in [4.69, 9.17) is 5.11 Å². The molecular formula is C16H23NO3S. The molecule has 116 valence electrons. The topological polar surface area (TPSA) is 66.4 Å². The van der Waals surface area contributed by atoms with Crippen molar-refractivity contribution in [1.82, 2.24) is 5.32 Å². The highest BCUT2D eigenvalue weighted by Crippen LogP contribution is 2.31. The summed E-state index contributed by atoms with van der Waals surface area (Å²) in [5, 5.41) is 14.2. The molecule has 1 saturated carbocycles. The maximum absolute atomic E-state index is 12.4. The third-order valence-corrected chi connectivity index (χ3v) is 5.22. The van der Waals surface area contributed by atoms with E-state index in [1.54, 1.807) is 11.3 Å². The summed E-state index contributed by atoms with van der Waals surface area (Å²) >= 11 is 1.66. The largest absolute Gasteiger partial charge is 0.481 e. The average molecular weight is 309 g/mol. The van der Waals surface area contributed by atoms with E-state index in [1.165, 1.54) is 4.88 Å². The van der Waals surface area contributed by atoms with Crippen LogP contribution in [0.2, 0.25) is 0 Å². The van der Waals surface area contributed by atoms with Crippen LogP contribution in [0.15, 0.2) is 17.5 Å². The third kappa shape index (κ3) is 4.06. The van der Waals surface area contributed by atoms with Gasteiger partial charge in [-0.2, -0.15) is 0 Å². The summed E-state index contributed by atoms with van der Waals surface area (Å²) < 4.78 is 0. The fourth-order valence-corrected chi connectivity index (χ4v) is 3.86. The van der Waals surface area contributed by atoms with E-state index >= 15 is 0 Å². The zero-order chi connectivity index (χ0) is 15.4. The lowest BCUT2D eigenvalue weighted by molar-refractivity contribution is -0.144. The van der Waals surface area contributed by atoms with Gasteiger partial charge in [0.1, 0.15) is 0 Å². The standard InChI is InChI=1S/C16H23NO3S/c1-10(2)14(13-4-3-9-21-13)17-15(18)11-5-7-12(8-6-11)16(19)20/h3-4,9-12,14H,5-8H2,1-2H3,(H,17,18)(H,19,20). The summed E-state index contributed by atoms with van der Waals surface area (Å²) in [7, 11) is 0. The third-order valence-electron chi connectivity index (χ3n) is 4.26. The highest BCUT2D eigenvalue weighted by molar-refractivity contribution is 7.10. The highest BCUT2D eigenvalue weighted by atomic mass is 32.1. The van der Waals surface area contributed by atoms with E-state index in [1.807, 2.05) is 11.4 Å². The van der Waals surface area contributed by atoms with Gasteiger partial charge in [-0.1, -0.05) is 19.9 Å². The Hall–Kier alpha value is -1.36. The Morgan fingerprint density at radius 1 is 1.24 bits per heavy atom. The zero-order valence-corrected chi connectivity index (χ0v) is 13.4. The summed E-state index contributed by atoms with van der Waals surface area (Å²) in [6, 6.07) is 4.10. The van der Waals surface area contributed by atoms with Crippen molar-refractivity contribution >= 4 is 23.2 Å². The van der Waals surface area contributed by atoms with Crippen LogP contribution in [0.4, 0.5) is 0 Å². The molecule has 0 bridgehead atoms. The number of thiophene rings is 1. The van der Waals surface area contributed by atoms with Gasteiger partial charge in [0.25, 0.3) is 0 Å². The zero-order valence-electron chi connectivity index (χ0n) is 12.5. The molecule has 1 heterocycles. The van der Waals surface area contributed by atoms with Crippen LogP contribution >= 0.6 is 11.3 Å². The molecule has 4 nitrogen and oxygen atoms in total. The summed E-state index contributed by atoms with van der Waals surface area (Å²) in [4.78, 5) is 24.6. The predicted molar refractivity (Wildman–Crippen MR) is 83.1 cm³/mol. The Labute approximate surface area is 129 Å². The molecule has 2 rings (SSSR count). The van der Waals surface area contributed by atoms with Crippen molar-refractivity contribution in [3.63, 3.8) is 0 Å². The van der Waals surface area contributed by atoms with Crippen molar-refractivity contribution in [1.29, 1.82) is 0 Å². The van der Waals surface area contributed by atoms with Gasteiger partial charge in [0, 0.05) is 10.8 Å². The van der Waals surface area contributed by atoms with E-state index in [0.29, 0.717) is 31.6 Å². The number of carbonyl (C=O) groups is 2. The van der Waals surface area contributed by atoms with Gasteiger partial charge in [-0.15, -0.1) is 11.3 Å². The van der Waals surface area contributed by atoms with Gasteiger partial charge in [-0.05, 0) is 43.0 Å². The molecule has 2 N–H and O–H groups in total. The van der Waals surface area contributed by atoms with Crippen LogP contribution in [0, 0.1) is 17.8 Å². The number of amides is 1. The summed E-state index contributed by atoms with van der Waals surface area (Å²) in [6.45, 7) is 4.21. The monoisotopic (exact) mass is 309 g/mol. The normalized spacial score (nSPS) is 23.8. The van der Waals surface area contributed by atoms with Gasteiger partial charge in [-0.25, -0.2) is 0 Å². The van der Waals surface area contributed by atoms with Gasteiger partial charge in [0.05, 0.1) is 12.0 Å². The van der Waals surface area contributed by atoms with Crippen molar-refractivity contribution in [2.45, 2.75) is 45.6 Å². The van der Waals surface area contributed by atoms with Crippen LogP contribution in [-0.4, -0.2) is 17.0 Å². The van der Waals surface area contributed by atoms with Crippen LogP contribution in [0.25, 0.3) is 0 Å². The van der Waals surface area contributed by atoms with Crippen LogP contribution in [0.3, 0.4) is 0 Å². The van der Waals surface area contributed by atoms with Crippen molar-refractivity contribution in [3.05, 3.63) is 22.4 Å². The molecule has 1 atom stereocenters. The van der Waals surface area contributed by atoms with Crippen LogP contribution in [0.5, 0.6) is 0 Å². The summed E-state index contributed by atoms with van der Waals surface area (Å²) in [6.07, 6.45) is 2.58. The average Bonchev–Trinajstić information content (AvgIpc) is 2.98. The predicted octanol–water partition coefficient (Wildman–Crippen LogP) is 3.45. The minimum absolute atomic E-state index is 0.0400. The Balaban J connectivity index is 1.93. The molecule has 0 aromatic carbocycles. The first-order valence-corrected chi connectivity index (χ1v) is 8.43. The lowest BCUT2D eigenvalue weighted by Crippen LogP contribution is -2.38. The van der Waals surface area contributed by atoms with Crippen LogP contribution < -0.4 is 5.32 Å². The minimum Gasteiger partial charge on any atom is -0.481 e. The molecule has 1 fully saturated rings. The fraction of sp³-hybridized carbons (Fsp3) is 0.625. The molecule has 0 radical (unpaired) electrons. The van der Waals surface area contributed by atoms with Crippen molar-refractivity contribution < 1.29 is 14.7 Å². The molecule has 1 unspecified atom stereocenters. The molecule has 1 amide bonds. The smallest absolute Gasteiger partial charge is 0.306 e. The summed E-state index contributed by atoms with van der Waals surface area (Å²) in [5.41, 5.74) is 0. The first-order valence-electron chi connectivity index (χ1n) is 7.55. The second-order valence-electron chi connectivity index (χ2n) is 6.13. The van der Waals surface area contributed by atoms with Gasteiger partial charge >= 0.3 is 5.97 Å². The lowest BCUT2D eigenvalue weighted by Gasteiger charge is -2.28. The maximum Gasteiger partial charge on any atom is 0.306 e. The van der Waals surface area contributed by atoms with E-state index in [2.05, 4.69) is 25.2 Å². The number of carboxylic acid groups (broad SMARTS) is 1. The van der Waals surface area contributed by atoms with E-state index in [-0.39, 0.29) is 23.8 Å². The first kappa shape index (κ1) is 16.0. The van der Waals surface area contributed by atoms with Gasteiger partial charge in [0.2, 0.25) is 5.91 Å². The van der Waals surface area contributed by atoms with Gasteiger partial charge in [-0.3, -0.25) is 9.59 Å². The molecule has 1 aromatic rings. The van der Waals surface area contributed by atoms with Gasteiger partial charge < -0.3 is 10.4 Å². The van der Waals surface area contributed by atoms with Crippen molar-refractivity contribution in [2.75, 3.05) is 0 Å². The fourth-order valence-electron chi connectivity index (χ4n) is 2.91. The number of hydrogen-bond donors (Lipinski definition) is 2. The van der Waals surface area contributed by atoms with E-state index in [0.717, 1.165) is 0 Å². The van der Waals surface area contributed by atoms with E-state index in [9.17, 15) is 9.59 Å². The SMILES string of the molecule is CC(C)C(NC(=O)C1CCC(C(=O)O)CC1)c1cccs1. The van der Waals surface area contributed by atoms with Crippen LogP contribution in [0.1, 0.15) is 50.4 Å². The molecule has 1 aliphatic rings. The second-order valence-corrected chi connectivity index (χ2v) is 7.11. The number of nitrogens with one attached hydrogen (secondary N) is 1. The number of rotatable bonds is 5. The Bertz CT molecular complexity index is 476. The summed E-state index contributed by atoms with van der Waals surface area (Å²) in [5.74, 6) is -0.629. The molecule has 0 spiro atoms. The first-order chi connectivity index (χ1) is 9.99. The number of aliphatic carboxylic acids is 1. The lowest BCUT2D eigenvalue weighted by atomic mass is 9.81. The maximum atomic E-state index is 12.4. The molecule has 1 aliphatic carbocycles. The Kier molecular flexibility index (Phi) is 5.39. The second kappa shape index (κ2) is 7.07. The molecule has 5 heteroatoms. The van der Waals surface area contributed by atoms with Crippen molar-refractivity contribution in [3.8, 4) is 0 Å². The quantitative estimate of drug-likeness (QED) is 0.875. The number of carboxylic acids is 1. The molecular weight excluding hydrogens is 286 g/mol. The molecule has 0 aliphatic heterocycles.